The molecule has 0 amide bonds. The van der Waals surface area contributed by atoms with Gasteiger partial charge in [-0.1, -0.05) is 29.8 Å². The molecule has 112 valence electrons. The van der Waals surface area contributed by atoms with Crippen LogP contribution in [0.3, 0.4) is 0 Å². The maximum absolute atomic E-state index is 5.73. The van der Waals surface area contributed by atoms with E-state index in [-0.39, 0.29) is 0 Å². The summed E-state index contributed by atoms with van der Waals surface area (Å²) in [5.41, 5.74) is 8.27. The predicted octanol–water partition coefficient (Wildman–Crippen LogP) is 1.88. The molecular weight excluding hydrogens is 262 g/mol. The van der Waals surface area contributed by atoms with Crippen LogP contribution in [-0.4, -0.2) is 34.8 Å². The van der Waals surface area contributed by atoms with Crippen LogP contribution in [0.4, 0.5) is 5.95 Å². The number of anilines is 1. The molecule has 0 aliphatic carbocycles. The third-order valence-electron chi connectivity index (χ3n) is 4.20. The fourth-order valence-corrected chi connectivity index (χ4v) is 2.89. The van der Waals surface area contributed by atoms with E-state index in [9.17, 15) is 0 Å². The lowest BCUT2D eigenvalue weighted by Gasteiger charge is -2.30. The van der Waals surface area contributed by atoms with Crippen molar-refractivity contribution < 1.29 is 0 Å². The van der Waals surface area contributed by atoms with Crippen LogP contribution in [0.1, 0.15) is 29.8 Å². The molecular formula is C16H23N5. The van der Waals surface area contributed by atoms with Gasteiger partial charge in [-0.15, -0.1) is 5.10 Å². The zero-order valence-electron chi connectivity index (χ0n) is 12.5. The Labute approximate surface area is 125 Å². The minimum absolute atomic E-state index is 0.659. The van der Waals surface area contributed by atoms with Gasteiger partial charge in [-0.3, -0.25) is 5.10 Å². The lowest BCUT2D eigenvalue weighted by molar-refractivity contribution is 0.411. The summed E-state index contributed by atoms with van der Waals surface area (Å²) in [7, 11) is 0. The van der Waals surface area contributed by atoms with Crippen LogP contribution in [0.25, 0.3) is 0 Å². The second-order valence-electron chi connectivity index (χ2n) is 5.91. The summed E-state index contributed by atoms with van der Waals surface area (Å²) < 4.78 is 0. The number of nitrogens with one attached hydrogen (secondary N) is 1. The topological polar surface area (TPSA) is 70.8 Å². The summed E-state index contributed by atoms with van der Waals surface area (Å²) in [6, 6.07) is 8.51. The monoisotopic (exact) mass is 285 g/mol. The maximum Gasteiger partial charge on any atom is 0.244 e. The molecule has 2 heterocycles. The first-order valence-corrected chi connectivity index (χ1v) is 7.66. The Morgan fingerprint density at radius 2 is 2.14 bits per heavy atom. The number of aromatic amines is 1. The van der Waals surface area contributed by atoms with E-state index in [1.165, 1.54) is 11.1 Å². The molecule has 5 heteroatoms. The van der Waals surface area contributed by atoms with Crippen molar-refractivity contribution in [1.29, 1.82) is 0 Å². The summed E-state index contributed by atoms with van der Waals surface area (Å²) in [4.78, 5) is 6.89. The molecule has 3 rings (SSSR count). The van der Waals surface area contributed by atoms with E-state index in [0.717, 1.165) is 50.7 Å². The lowest BCUT2D eigenvalue weighted by Crippen LogP contribution is -2.36. The first-order chi connectivity index (χ1) is 10.2. The molecule has 0 spiro atoms. The molecule has 1 fully saturated rings. The van der Waals surface area contributed by atoms with Crippen molar-refractivity contribution in [3.05, 3.63) is 41.2 Å². The van der Waals surface area contributed by atoms with Crippen molar-refractivity contribution >= 4 is 5.95 Å². The van der Waals surface area contributed by atoms with Crippen LogP contribution >= 0.6 is 0 Å². The quantitative estimate of drug-likeness (QED) is 0.900. The number of piperidine rings is 1. The van der Waals surface area contributed by atoms with Crippen LogP contribution in [0.15, 0.2) is 24.3 Å². The van der Waals surface area contributed by atoms with Crippen LogP contribution in [0.2, 0.25) is 0 Å². The minimum atomic E-state index is 0.659. The van der Waals surface area contributed by atoms with Crippen molar-refractivity contribution in [3.8, 4) is 0 Å². The van der Waals surface area contributed by atoms with Gasteiger partial charge < -0.3 is 10.6 Å². The zero-order chi connectivity index (χ0) is 14.7. The Balaban J connectivity index is 1.64. The fraction of sp³-hybridized carbons (Fsp3) is 0.500. The fourth-order valence-electron chi connectivity index (χ4n) is 2.89. The van der Waals surface area contributed by atoms with Gasteiger partial charge in [0, 0.05) is 19.5 Å². The number of nitrogens with zero attached hydrogens (tertiary/aromatic N) is 3. The van der Waals surface area contributed by atoms with Crippen molar-refractivity contribution in [2.75, 3.05) is 24.5 Å². The van der Waals surface area contributed by atoms with Gasteiger partial charge in [0.2, 0.25) is 5.95 Å². The molecule has 0 atom stereocenters. The smallest absolute Gasteiger partial charge is 0.244 e. The molecule has 3 N–H and O–H groups in total. The molecule has 21 heavy (non-hydrogen) atoms. The number of hydrogen-bond donors (Lipinski definition) is 2. The molecule has 0 radical (unpaired) electrons. The molecule has 0 unspecified atom stereocenters. The van der Waals surface area contributed by atoms with Gasteiger partial charge in [0.15, 0.2) is 0 Å². The Hall–Kier alpha value is -1.88. The second kappa shape index (κ2) is 6.26. The summed E-state index contributed by atoms with van der Waals surface area (Å²) >= 11 is 0. The molecule has 1 aromatic carbocycles. The molecule has 1 aromatic heterocycles. The Kier molecular flexibility index (Phi) is 4.20. The van der Waals surface area contributed by atoms with Gasteiger partial charge in [-0.05, 0) is 37.8 Å². The summed E-state index contributed by atoms with van der Waals surface area (Å²) in [6.45, 7) is 4.91. The van der Waals surface area contributed by atoms with E-state index in [0.29, 0.717) is 5.92 Å². The molecule has 0 bridgehead atoms. The number of aromatic nitrogens is 3. The van der Waals surface area contributed by atoms with Crippen molar-refractivity contribution in [3.63, 3.8) is 0 Å². The van der Waals surface area contributed by atoms with Gasteiger partial charge in [0.25, 0.3) is 0 Å². The number of benzene rings is 1. The normalized spacial score (nSPS) is 16.4. The number of H-pyrrole nitrogens is 1. The van der Waals surface area contributed by atoms with Gasteiger partial charge in [-0.2, -0.15) is 4.98 Å². The highest BCUT2D eigenvalue weighted by Gasteiger charge is 2.20. The number of hydrogen-bond acceptors (Lipinski definition) is 4. The Morgan fingerprint density at radius 3 is 2.86 bits per heavy atom. The molecule has 1 aliphatic heterocycles. The SMILES string of the molecule is Cc1cccc(Cc2nc(N3CCC(CN)CC3)n[nH]2)c1. The van der Waals surface area contributed by atoms with Crippen LogP contribution in [-0.2, 0) is 6.42 Å². The van der Waals surface area contributed by atoms with Gasteiger partial charge in [0.1, 0.15) is 5.82 Å². The van der Waals surface area contributed by atoms with Crippen molar-refractivity contribution in [2.45, 2.75) is 26.2 Å². The first kappa shape index (κ1) is 14.1. The number of nitrogens with two attached hydrogens (primary N) is 1. The Bertz CT molecular complexity index is 584. The van der Waals surface area contributed by atoms with E-state index in [4.69, 9.17) is 5.73 Å². The van der Waals surface area contributed by atoms with Crippen LogP contribution < -0.4 is 10.6 Å². The molecule has 2 aromatic rings. The van der Waals surface area contributed by atoms with Crippen LogP contribution in [0, 0.1) is 12.8 Å². The number of aryl methyl sites for hydroxylation is 1. The summed E-state index contributed by atoms with van der Waals surface area (Å²) in [5.74, 6) is 2.41. The molecule has 1 saturated heterocycles. The van der Waals surface area contributed by atoms with Gasteiger partial charge in [-0.25, -0.2) is 0 Å². The Morgan fingerprint density at radius 1 is 1.33 bits per heavy atom. The highest BCUT2D eigenvalue weighted by molar-refractivity contribution is 5.31. The van der Waals surface area contributed by atoms with E-state index in [1.807, 2.05) is 0 Å². The zero-order valence-corrected chi connectivity index (χ0v) is 12.5. The highest BCUT2D eigenvalue weighted by atomic mass is 15.4. The molecule has 5 nitrogen and oxygen atoms in total. The third kappa shape index (κ3) is 3.42. The summed E-state index contributed by atoms with van der Waals surface area (Å²) in [6.07, 6.45) is 3.07. The number of rotatable bonds is 4. The van der Waals surface area contributed by atoms with E-state index in [1.54, 1.807) is 0 Å². The largest absolute Gasteiger partial charge is 0.340 e. The molecule has 1 aliphatic rings. The third-order valence-corrected chi connectivity index (χ3v) is 4.20. The van der Waals surface area contributed by atoms with Crippen molar-refractivity contribution in [2.24, 2.45) is 11.7 Å². The second-order valence-corrected chi connectivity index (χ2v) is 5.91. The average Bonchev–Trinajstić information content (AvgIpc) is 2.96. The first-order valence-electron chi connectivity index (χ1n) is 7.66. The minimum Gasteiger partial charge on any atom is -0.340 e. The van der Waals surface area contributed by atoms with Gasteiger partial charge >= 0.3 is 0 Å². The predicted molar refractivity (Wildman–Crippen MR) is 84.4 cm³/mol. The standard InChI is InChI=1S/C16H23N5/c1-12-3-2-4-14(9-12)10-15-18-16(20-19-15)21-7-5-13(11-17)6-8-21/h2-4,9,13H,5-8,10-11,17H2,1H3,(H,18,19,20). The lowest BCUT2D eigenvalue weighted by atomic mass is 9.97. The van der Waals surface area contributed by atoms with Gasteiger partial charge in [0.05, 0.1) is 0 Å². The average molecular weight is 285 g/mol. The van der Waals surface area contributed by atoms with Crippen LogP contribution in [0.5, 0.6) is 0 Å². The molecule has 0 saturated carbocycles. The van der Waals surface area contributed by atoms with Crippen molar-refractivity contribution in [1.82, 2.24) is 15.2 Å². The summed E-state index contributed by atoms with van der Waals surface area (Å²) in [5, 5.41) is 7.44. The van der Waals surface area contributed by atoms with E-state index in [2.05, 4.69) is 51.3 Å². The highest BCUT2D eigenvalue weighted by Crippen LogP contribution is 2.20. The van der Waals surface area contributed by atoms with E-state index < -0.39 is 0 Å². The maximum atomic E-state index is 5.73. The van der Waals surface area contributed by atoms with E-state index >= 15 is 0 Å².